The molecule has 3 rings (SSSR count). The van der Waals surface area contributed by atoms with Crippen molar-refractivity contribution in [2.75, 3.05) is 24.6 Å². The first kappa shape index (κ1) is 21.0. The fraction of sp³-hybridized carbons (Fsp3) is 0.478. The molecule has 0 spiro atoms. The zero-order chi connectivity index (χ0) is 20.2. The predicted molar refractivity (Wildman–Crippen MR) is 116 cm³/mol. The summed E-state index contributed by atoms with van der Waals surface area (Å²) in [6, 6.07) is 17.1. The minimum Gasteiger partial charge on any atom is -0.311 e. The molecule has 0 unspecified atom stereocenters. The molecule has 0 radical (unpaired) electrons. The van der Waals surface area contributed by atoms with Crippen LogP contribution in [0.15, 0.2) is 48.5 Å². The molecule has 1 aliphatic heterocycles. The highest BCUT2D eigenvalue weighted by atomic mass is 32.2. The van der Waals surface area contributed by atoms with Crippen LogP contribution in [0.5, 0.6) is 0 Å². The van der Waals surface area contributed by atoms with E-state index < -0.39 is 9.84 Å². The normalized spacial score (nSPS) is 21.3. The van der Waals surface area contributed by atoms with E-state index in [0.717, 1.165) is 26.2 Å². The Morgan fingerprint density at radius 1 is 0.964 bits per heavy atom. The molecule has 5 heteroatoms. The van der Waals surface area contributed by atoms with Gasteiger partial charge in [-0.05, 0) is 38.3 Å². The van der Waals surface area contributed by atoms with Crippen LogP contribution >= 0.6 is 0 Å². The monoisotopic (exact) mass is 400 g/mol. The number of rotatable bonds is 8. The van der Waals surface area contributed by atoms with Crippen LogP contribution in [0.25, 0.3) is 0 Å². The quantitative estimate of drug-likeness (QED) is 0.690. The van der Waals surface area contributed by atoms with Crippen LogP contribution < -0.4 is 5.32 Å². The van der Waals surface area contributed by atoms with Crippen molar-refractivity contribution in [3.05, 3.63) is 70.8 Å². The lowest BCUT2D eigenvalue weighted by Crippen LogP contribution is -2.49. The molecule has 0 aliphatic carbocycles. The molecule has 1 fully saturated rings. The Labute approximate surface area is 169 Å². The number of hydrogen-bond acceptors (Lipinski definition) is 4. The van der Waals surface area contributed by atoms with Crippen molar-refractivity contribution in [1.82, 2.24) is 10.2 Å². The second kappa shape index (κ2) is 8.76. The van der Waals surface area contributed by atoms with E-state index in [1.165, 1.54) is 22.3 Å². The molecule has 1 N–H and O–H groups in total. The Morgan fingerprint density at radius 3 is 2.07 bits per heavy atom. The van der Waals surface area contributed by atoms with Crippen molar-refractivity contribution >= 4 is 9.84 Å². The smallest absolute Gasteiger partial charge is 0.152 e. The fourth-order valence-electron chi connectivity index (χ4n) is 3.85. The SMILES string of the molecule is Cc1ccc(CNCCN(Cc2ccc(C)cc2)[C@@]2(C)CCS(=O)(=O)C2)cc1. The molecule has 1 heterocycles. The number of benzene rings is 2. The minimum absolute atomic E-state index is 0.254. The number of sulfone groups is 1. The molecule has 0 amide bonds. The van der Waals surface area contributed by atoms with Gasteiger partial charge in [0, 0.05) is 31.7 Å². The second-order valence-corrected chi connectivity index (χ2v) is 10.6. The highest BCUT2D eigenvalue weighted by Crippen LogP contribution is 2.30. The number of hydrogen-bond donors (Lipinski definition) is 1. The molecule has 4 nitrogen and oxygen atoms in total. The average molecular weight is 401 g/mol. The molecule has 152 valence electrons. The van der Waals surface area contributed by atoms with Crippen LogP contribution in [0.1, 0.15) is 35.6 Å². The Balaban J connectivity index is 1.63. The number of nitrogens with one attached hydrogen (secondary N) is 1. The van der Waals surface area contributed by atoms with Gasteiger partial charge in [0.15, 0.2) is 9.84 Å². The molecule has 1 atom stereocenters. The maximum Gasteiger partial charge on any atom is 0.152 e. The van der Waals surface area contributed by atoms with Crippen molar-refractivity contribution < 1.29 is 8.42 Å². The van der Waals surface area contributed by atoms with Gasteiger partial charge in [-0.25, -0.2) is 8.42 Å². The van der Waals surface area contributed by atoms with E-state index in [2.05, 4.69) is 79.5 Å². The predicted octanol–water partition coefficient (Wildman–Crippen LogP) is 3.47. The summed E-state index contributed by atoms with van der Waals surface area (Å²) in [5.41, 5.74) is 4.71. The maximum atomic E-state index is 12.1. The van der Waals surface area contributed by atoms with Crippen LogP contribution in [0.2, 0.25) is 0 Å². The summed E-state index contributed by atoms with van der Waals surface area (Å²) in [4.78, 5) is 2.35. The topological polar surface area (TPSA) is 49.4 Å². The van der Waals surface area contributed by atoms with Crippen LogP contribution in [-0.2, 0) is 22.9 Å². The largest absolute Gasteiger partial charge is 0.311 e. The fourth-order valence-corrected chi connectivity index (χ4v) is 6.02. The maximum absolute atomic E-state index is 12.1. The van der Waals surface area contributed by atoms with E-state index in [-0.39, 0.29) is 11.3 Å². The lowest BCUT2D eigenvalue weighted by Gasteiger charge is -2.38. The first-order chi connectivity index (χ1) is 13.3. The van der Waals surface area contributed by atoms with Gasteiger partial charge in [-0.2, -0.15) is 0 Å². The second-order valence-electron chi connectivity index (χ2n) is 8.41. The molecule has 0 saturated carbocycles. The third kappa shape index (κ3) is 5.66. The van der Waals surface area contributed by atoms with Crippen LogP contribution in [0.3, 0.4) is 0 Å². The van der Waals surface area contributed by atoms with E-state index in [0.29, 0.717) is 12.2 Å². The Morgan fingerprint density at radius 2 is 1.54 bits per heavy atom. The summed E-state index contributed by atoms with van der Waals surface area (Å²) in [6.45, 7) is 9.54. The van der Waals surface area contributed by atoms with Crippen LogP contribution in [0, 0.1) is 13.8 Å². The first-order valence-corrected chi connectivity index (χ1v) is 11.9. The molecule has 2 aromatic carbocycles. The lowest BCUT2D eigenvalue weighted by atomic mass is 9.98. The van der Waals surface area contributed by atoms with Crippen molar-refractivity contribution in [3.63, 3.8) is 0 Å². The van der Waals surface area contributed by atoms with Gasteiger partial charge in [0.2, 0.25) is 0 Å². The Kier molecular flexibility index (Phi) is 6.58. The van der Waals surface area contributed by atoms with Crippen molar-refractivity contribution in [3.8, 4) is 0 Å². The lowest BCUT2D eigenvalue weighted by molar-refractivity contribution is 0.117. The molecule has 0 aromatic heterocycles. The number of nitrogens with zero attached hydrogens (tertiary/aromatic N) is 1. The van der Waals surface area contributed by atoms with Gasteiger partial charge in [-0.3, -0.25) is 4.90 Å². The van der Waals surface area contributed by atoms with Gasteiger partial charge in [-0.15, -0.1) is 0 Å². The van der Waals surface area contributed by atoms with Crippen molar-refractivity contribution in [1.29, 1.82) is 0 Å². The van der Waals surface area contributed by atoms with Gasteiger partial charge < -0.3 is 5.32 Å². The zero-order valence-electron chi connectivity index (χ0n) is 17.2. The first-order valence-electron chi connectivity index (χ1n) is 10.0. The third-order valence-electron chi connectivity index (χ3n) is 5.75. The molecule has 0 bridgehead atoms. The molecule has 28 heavy (non-hydrogen) atoms. The Hall–Kier alpha value is -1.69. The minimum atomic E-state index is -2.94. The summed E-state index contributed by atoms with van der Waals surface area (Å²) in [6.07, 6.45) is 0.707. The standard InChI is InChI=1S/C23H32N2O2S/c1-19-4-8-21(9-5-19)16-24-13-14-25(17-22-10-6-20(2)7-11-22)23(3)12-15-28(26,27)18-23/h4-11,24H,12-18H2,1-3H3/t23-/m0/s1. The molecule has 2 aromatic rings. The summed E-state index contributed by atoms with van der Waals surface area (Å²) in [5, 5.41) is 3.52. The van der Waals surface area contributed by atoms with Crippen LogP contribution in [-0.4, -0.2) is 43.5 Å². The van der Waals surface area contributed by atoms with Crippen molar-refractivity contribution in [2.45, 2.75) is 45.8 Å². The van der Waals surface area contributed by atoms with Gasteiger partial charge in [-0.1, -0.05) is 59.7 Å². The summed E-state index contributed by atoms with van der Waals surface area (Å²) >= 11 is 0. The highest BCUT2D eigenvalue weighted by Gasteiger charge is 2.42. The Bertz CT molecular complexity index is 876. The van der Waals surface area contributed by atoms with Gasteiger partial charge >= 0.3 is 0 Å². The zero-order valence-corrected chi connectivity index (χ0v) is 18.1. The van der Waals surface area contributed by atoms with E-state index in [4.69, 9.17) is 0 Å². The van der Waals surface area contributed by atoms with Gasteiger partial charge in [0.1, 0.15) is 0 Å². The summed E-state index contributed by atoms with van der Waals surface area (Å²) < 4.78 is 24.3. The molecular formula is C23H32N2O2S. The molecular weight excluding hydrogens is 368 g/mol. The van der Waals surface area contributed by atoms with E-state index >= 15 is 0 Å². The van der Waals surface area contributed by atoms with Crippen LogP contribution in [0.4, 0.5) is 0 Å². The third-order valence-corrected chi connectivity index (χ3v) is 7.64. The highest BCUT2D eigenvalue weighted by molar-refractivity contribution is 7.91. The van der Waals surface area contributed by atoms with E-state index in [9.17, 15) is 8.42 Å². The average Bonchev–Trinajstić information content (AvgIpc) is 2.95. The summed E-state index contributed by atoms with van der Waals surface area (Å²) in [7, 11) is -2.94. The van der Waals surface area contributed by atoms with Gasteiger partial charge in [0.05, 0.1) is 11.5 Å². The van der Waals surface area contributed by atoms with Gasteiger partial charge in [0.25, 0.3) is 0 Å². The van der Waals surface area contributed by atoms with E-state index in [1.807, 2.05) is 0 Å². The van der Waals surface area contributed by atoms with E-state index in [1.54, 1.807) is 0 Å². The molecule has 1 aliphatic rings. The van der Waals surface area contributed by atoms with Crippen molar-refractivity contribution in [2.24, 2.45) is 0 Å². The molecule has 1 saturated heterocycles. The summed E-state index contributed by atoms with van der Waals surface area (Å²) in [5.74, 6) is 0.550. The number of aryl methyl sites for hydroxylation is 2.